The van der Waals surface area contributed by atoms with Gasteiger partial charge in [0.25, 0.3) is 0 Å². The van der Waals surface area contributed by atoms with Gasteiger partial charge in [0.1, 0.15) is 6.07 Å². The Morgan fingerprint density at radius 3 is 1.61 bits per heavy atom. The van der Waals surface area contributed by atoms with Crippen molar-refractivity contribution in [2.75, 3.05) is 0 Å². The second kappa shape index (κ2) is 9.00. The summed E-state index contributed by atoms with van der Waals surface area (Å²) >= 11 is 0. The van der Waals surface area contributed by atoms with E-state index in [1.54, 1.807) is 12.4 Å². The molecule has 1 aromatic heterocycles. The molecule has 2 heteroatoms. The van der Waals surface area contributed by atoms with Crippen molar-refractivity contribution in [1.82, 2.24) is 4.98 Å². The van der Waals surface area contributed by atoms with Crippen LogP contribution >= 0.6 is 0 Å². The van der Waals surface area contributed by atoms with Gasteiger partial charge < -0.3 is 0 Å². The van der Waals surface area contributed by atoms with Gasteiger partial charge in [-0.2, -0.15) is 5.26 Å². The maximum atomic E-state index is 9.64. The van der Waals surface area contributed by atoms with Crippen LogP contribution in [0.3, 0.4) is 0 Å². The molecule has 0 N–H and O–H groups in total. The lowest BCUT2D eigenvalue weighted by Gasteiger charge is -2.16. The van der Waals surface area contributed by atoms with Gasteiger partial charge in [-0.25, -0.2) is 0 Å². The molecule has 0 radical (unpaired) electrons. The molecule has 6 aromatic carbocycles. The molecule has 0 amide bonds. The van der Waals surface area contributed by atoms with Crippen molar-refractivity contribution in [2.24, 2.45) is 0 Å². The summed E-state index contributed by atoms with van der Waals surface area (Å²) in [7, 11) is 0. The first-order valence-electron chi connectivity index (χ1n) is 12.7. The highest BCUT2D eigenvalue weighted by atomic mass is 14.6. The molecule has 176 valence electrons. The quantitative estimate of drug-likeness (QED) is 0.235. The number of nitriles is 1. The van der Waals surface area contributed by atoms with E-state index in [4.69, 9.17) is 0 Å². The van der Waals surface area contributed by atoms with E-state index >= 15 is 0 Å². The lowest BCUT2D eigenvalue weighted by molar-refractivity contribution is 1.30. The molecule has 0 saturated carbocycles. The second-order valence-electron chi connectivity index (χ2n) is 9.51. The molecule has 0 unspecified atom stereocenters. The highest BCUT2D eigenvalue weighted by molar-refractivity contribution is 6.23. The molecule has 0 aliphatic carbocycles. The van der Waals surface area contributed by atoms with E-state index in [-0.39, 0.29) is 0 Å². The topological polar surface area (TPSA) is 36.7 Å². The zero-order valence-corrected chi connectivity index (χ0v) is 20.6. The normalized spacial score (nSPS) is 11.1. The van der Waals surface area contributed by atoms with Crippen molar-refractivity contribution in [3.8, 4) is 39.4 Å². The Morgan fingerprint density at radius 1 is 0.447 bits per heavy atom. The third kappa shape index (κ3) is 3.53. The van der Waals surface area contributed by atoms with Crippen LogP contribution in [0.1, 0.15) is 5.56 Å². The number of rotatable bonds is 3. The molecular weight excluding hydrogens is 460 g/mol. The Balaban J connectivity index is 1.55. The summed E-state index contributed by atoms with van der Waals surface area (Å²) in [6, 6.07) is 45.4. The fourth-order valence-corrected chi connectivity index (χ4v) is 5.64. The fraction of sp³-hybridized carbons (Fsp3) is 0. The fourth-order valence-electron chi connectivity index (χ4n) is 5.64. The van der Waals surface area contributed by atoms with Crippen molar-refractivity contribution < 1.29 is 0 Å². The Kier molecular flexibility index (Phi) is 5.20. The summed E-state index contributed by atoms with van der Waals surface area (Å²) in [6.45, 7) is 0. The number of hydrogen-bond acceptors (Lipinski definition) is 2. The van der Waals surface area contributed by atoms with Crippen LogP contribution in [-0.2, 0) is 0 Å². The maximum absolute atomic E-state index is 9.64. The minimum atomic E-state index is 0.576. The van der Waals surface area contributed by atoms with E-state index in [9.17, 15) is 5.26 Å². The number of benzene rings is 6. The molecule has 7 rings (SSSR count). The van der Waals surface area contributed by atoms with Gasteiger partial charge in [0, 0.05) is 18.0 Å². The van der Waals surface area contributed by atoms with E-state index < -0.39 is 0 Å². The number of pyridine rings is 1. The molecule has 0 saturated heterocycles. The third-order valence-electron chi connectivity index (χ3n) is 7.39. The summed E-state index contributed by atoms with van der Waals surface area (Å²) in [5.74, 6) is 0. The van der Waals surface area contributed by atoms with Crippen LogP contribution in [0.4, 0.5) is 0 Å². The van der Waals surface area contributed by atoms with Crippen LogP contribution in [0.5, 0.6) is 0 Å². The monoisotopic (exact) mass is 482 g/mol. The van der Waals surface area contributed by atoms with Crippen molar-refractivity contribution in [3.05, 3.63) is 139 Å². The largest absolute Gasteiger partial charge is 0.263 e. The van der Waals surface area contributed by atoms with Gasteiger partial charge in [0.05, 0.1) is 5.56 Å². The minimum absolute atomic E-state index is 0.576. The van der Waals surface area contributed by atoms with Crippen molar-refractivity contribution in [1.29, 1.82) is 5.26 Å². The summed E-state index contributed by atoms with van der Waals surface area (Å²) in [5.41, 5.74) is 7.25. The van der Waals surface area contributed by atoms with Crippen molar-refractivity contribution in [3.63, 3.8) is 0 Å². The highest BCUT2D eigenvalue weighted by Crippen LogP contribution is 2.42. The summed E-state index contributed by atoms with van der Waals surface area (Å²) in [6.07, 6.45) is 3.37. The molecule has 2 nitrogen and oxygen atoms in total. The lowest BCUT2D eigenvalue weighted by Crippen LogP contribution is -1.90. The Bertz CT molecular complexity index is 2030. The first kappa shape index (κ1) is 22.0. The first-order valence-corrected chi connectivity index (χ1v) is 12.7. The lowest BCUT2D eigenvalue weighted by atomic mass is 9.87. The smallest absolute Gasteiger partial charge is 0.101 e. The maximum Gasteiger partial charge on any atom is 0.101 e. The molecule has 38 heavy (non-hydrogen) atoms. The minimum Gasteiger partial charge on any atom is -0.263 e. The summed E-state index contributed by atoms with van der Waals surface area (Å²) < 4.78 is 0. The highest BCUT2D eigenvalue weighted by Gasteiger charge is 2.15. The van der Waals surface area contributed by atoms with Crippen LogP contribution in [0.2, 0.25) is 0 Å². The second-order valence-corrected chi connectivity index (χ2v) is 9.51. The Labute approximate surface area is 221 Å². The van der Waals surface area contributed by atoms with Gasteiger partial charge in [0.15, 0.2) is 0 Å². The average molecular weight is 483 g/mol. The molecule has 0 aliphatic rings. The standard InChI is InChI=1S/C36H22N2/c37-22-27-23-38-18-17-28(27)25-11-8-12-26(19-25)34-21-36-31-15-6-4-13-29(31)33(24-9-2-1-3-10-24)20-35(36)32-16-7-5-14-30(32)34/h1-21,23H. The SMILES string of the molecule is N#Cc1cnccc1-c1cccc(-c2cc3c4ccccc4c(-c4ccccc4)cc3c3ccccc23)c1. The van der Waals surface area contributed by atoms with Crippen LogP contribution < -0.4 is 0 Å². The zero-order valence-electron chi connectivity index (χ0n) is 20.6. The third-order valence-corrected chi connectivity index (χ3v) is 7.39. The van der Waals surface area contributed by atoms with Gasteiger partial charge in [-0.1, -0.05) is 97.1 Å². The van der Waals surface area contributed by atoms with Crippen LogP contribution in [-0.4, -0.2) is 4.98 Å². The molecule has 0 atom stereocenters. The Hall–Kier alpha value is -5.26. The summed E-state index contributed by atoms with van der Waals surface area (Å²) in [5, 5.41) is 17.1. The molecule has 7 aromatic rings. The van der Waals surface area contributed by atoms with E-state index in [1.807, 2.05) is 6.07 Å². The average Bonchev–Trinajstić information content (AvgIpc) is 3.00. The first-order chi connectivity index (χ1) is 18.8. The van der Waals surface area contributed by atoms with Gasteiger partial charge in [-0.05, 0) is 84.4 Å². The predicted octanol–water partition coefficient (Wildman–Crippen LogP) is 9.41. The van der Waals surface area contributed by atoms with Crippen molar-refractivity contribution in [2.45, 2.75) is 0 Å². The van der Waals surface area contributed by atoms with Gasteiger partial charge in [0.2, 0.25) is 0 Å². The van der Waals surface area contributed by atoms with Gasteiger partial charge in [-0.15, -0.1) is 0 Å². The molecule has 0 bridgehead atoms. The van der Waals surface area contributed by atoms with Crippen molar-refractivity contribution >= 4 is 32.3 Å². The predicted molar refractivity (Wildman–Crippen MR) is 158 cm³/mol. The number of aromatic nitrogens is 1. The van der Waals surface area contributed by atoms with Crippen LogP contribution in [0.15, 0.2) is 134 Å². The molecule has 1 heterocycles. The molecular formula is C36H22N2. The van der Waals surface area contributed by atoms with E-state index in [0.717, 1.165) is 16.7 Å². The summed E-state index contributed by atoms with van der Waals surface area (Å²) in [4.78, 5) is 4.13. The van der Waals surface area contributed by atoms with E-state index in [0.29, 0.717) is 5.56 Å². The van der Waals surface area contributed by atoms with Crippen LogP contribution in [0.25, 0.3) is 65.7 Å². The van der Waals surface area contributed by atoms with Crippen LogP contribution in [0, 0.1) is 11.3 Å². The van der Waals surface area contributed by atoms with E-state index in [1.165, 1.54) is 49.0 Å². The molecule has 0 spiro atoms. The number of hydrogen-bond donors (Lipinski definition) is 0. The number of fused-ring (bicyclic) bond motifs is 5. The number of nitrogens with zero attached hydrogens (tertiary/aromatic N) is 2. The zero-order chi connectivity index (χ0) is 25.5. The Morgan fingerprint density at radius 2 is 0.974 bits per heavy atom. The molecule has 0 fully saturated rings. The van der Waals surface area contributed by atoms with Gasteiger partial charge >= 0.3 is 0 Å². The van der Waals surface area contributed by atoms with Gasteiger partial charge in [-0.3, -0.25) is 4.98 Å². The molecule has 0 aliphatic heterocycles. The van der Waals surface area contributed by atoms with E-state index in [2.05, 4.69) is 126 Å².